The standard InChI is InChI=1S/C19H19Cl2NO2S.C2H5NO/c1-13-12-22-14(2)19(13,18(21)16-10-6-7-11-17(16)20)25(23,24)15-8-4-3-5-9-15;1-3-2-4/h3-12,14,18,22H,1-2H3;2H,1H3,(H,3,4). The Bertz CT molecular complexity index is 980. The van der Waals surface area contributed by atoms with Crippen molar-refractivity contribution in [1.82, 2.24) is 10.6 Å². The zero-order valence-corrected chi connectivity index (χ0v) is 18.7. The smallest absolute Gasteiger partial charge is 0.206 e. The van der Waals surface area contributed by atoms with Gasteiger partial charge in [0.25, 0.3) is 0 Å². The summed E-state index contributed by atoms with van der Waals surface area (Å²) in [6, 6.07) is 15.1. The van der Waals surface area contributed by atoms with Gasteiger partial charge in [-0.3, -0.25) is 4.79 Å². The first-order valence-electron chi connectivity index (χ1n) is 8.97. The van der Waals surface area contributed by atoms with E-state index in [4.69, 9.17) is 28.0 Å². The van der Waals surface area contributed by atoms with E-state index in [0.29, 0.717) is 22.6 Å². The molecule has 2 aromatic carbocycles. The quantitative estimate of drug-likeness (QED) is 0.526. The Kier molecular flexibility index (Phi) is 7.74. The number of amides is 1. The fourth-order valence-electron chi connectivity index (χ4n) is 3.53. The van der Waals surface area contributed by atoms with Crippen LogP contribution in [0.25, 0.3) is 0 Å². The van der Waals surface area contributed by atoms with Gasteiger partial charge in [-0.05, 0) is 49.4 Å². The highest BCUT2D eigenvalue weighted by atomic mass is 35.5. The third-order valence-corrected chi connectivity index (χ3v) is 8.73. The van der Waals surface area contributed by atoms with Crippen molar-refractivity contribution in [1.29, 1.82) is 0 Å². The van der Waals surface area contributed by atoms with Crippen LogP contribution in [0.4, 0.5) is 0 Å². The van der Waals surface area contributed by atoms with E-state index in [1.165, 1.54) is 0 Å². The average Bonchev–Trinajstić information content (AvgIpc) is 3.04. The van der Waals surface area contributed by atoms with E-state index in [9.17, 15) is 8.42 Å². The third-order valence-electron chi connectivity index (χ3n) is 4.98. The Hall–Kier alpha value is -2.02. The first-order valence-corrected chi connectivity index (χ1v) is 11.3. The maximum absolute atomic E-state index is 13.7. The summed E-state index contributed by atoms with van der Waals surface area (Å²) in [7, 11) is -2.22. The molecule has 2 aromatic rings. The second kappa shape index (κ2) is 9.65. The lowest BCUT2D eigenvalue weighted by atomic mass is 9.88. The molecule has 1 aliphatic heterocycles. The van der Waals surface area contributed by atoms with Gasteiger partial charge < -0.3 is 10.6 Å². The van der Waals surface area contributed by atoms with Crippen LogP contribution in [0.3, 0.4) is 0 Å². The SMILES string of the molecule is CC1=CNC(C)C1(C(Cl)c1ccccc1Cl)S(=O)(=O)c1ccccc1.CNC=O. The number of benzene rings is 2. The first-order chi connectivity index (χ1) is 13.7. The minimum absolute atomic E-state index is 0.246. The van der Waals surface area contributed by atoms with E-state index in [2.05, 4.69) is 10.6 Å². The number of halogens is 2. The average molecular weight is 455 g/mol. The molecule has 3 rings (SSSR count). The Labute approximate surface area is 182 Å². The lowest BCUT2D eigenvalue weighted by molar-refractivity contribution is -0.109. The fraction of sp³-hybridized carbons (Fsp3) is 0.286. The summed E-state index contributed by atoms with van der Waals surface area (Å²) in [5.41, 5.74) is 1.28. The molecule has 5 nitrogen and oxygen atoms in total. The Morgan fingerprint density at radius 3 is 2.17 bits per heavy atom. The number of nitrogens with one attached hydrogen (secondary N) is 2. The number of carbonyl (C=O) groups is 1. The van der Waals surface area contributed by atoms with Gasteiger partial charge in [0.1, 0.15) is 4.75 Å². The molecule has 0 radical (unpaired) electrons. The van der Waals surface area contributed by atoms with Crippen molar-refractivity contribution in [2.75, 3.05) is 7.05 Å². The summed E-state index contributed by atoms with van der Waals surface area (Å²) in [6.45, 7) is 3.63. The monoisotopic (exact) mass is 454 g/mol. The van der Waals surface area contributed by atoms with Crippen molar-refractivity contribution < 1.29 is 13.2 Å². The van der Waals surface area contributed by atoms with Gasteiger partial charge in [-0.15, -0.1) is 11.6 Å². The van der Waals surface area contributed by atoms with Crippen LogP contribution in [0.2, 0.25) is 5.02 Å². The van der Waals surface area contributed by atoms with Crippen LogP contribution < -0.4 is 10.6 Å². The van der Waals surface area contributed by atoms with Crippen LogP contribution in [0.15, 0.2) is 71.3 Å². The molecular weight excluding hydrogens is 431 g/mol. The number of alkyl halides is 1. The largest absolute Gasteiger partial charge is 0.386 e. The molecule has 0 spiro atoms. The van der Waals surface area contributed by atoms with Crippen LogP contribution in [-0.2, 0) is 14.6 Å². The van der Waals surface area contributed by atoms with Crippen molar-refractivity contribution in [2.24, 2.45) is 0 Å². The molecule has 2 N–H and O–H groups in total. The molecule has 1 heterocycles. The van der Waals surface area contributed by atoms with Crippen molar-refractivity contribution in [2.45, 2.75) is 34.9 Å². The molecule has 29 heavy (non-hydrogen) atoms. The van der Waals surface area contributed by atoms with E-state index < -0.39 is 26.0 Å². The normalized spacial score (nSPS) is 21.8. The zero-order valence-electron chi connectivity index (χ0n) is 16.4. The lowest BCUT2D eigenvalue weighted by Gasteiger charge is -2.39. The molecule has 1 amide bonds. The highest BCUT2D eigenvalue weighted by Crippen LogP contribution is 2.51. The van der Waals surface area contributed by atoms with Gasteiger partial charge in [0.15, 0.2) is 9.84 Å². The zero-order chi connectivity index (χ0) is 21.7. The third kappa shape index (κ3) is 4.15. The molecule has 0 saturated heterocycles. The van der Waals surface area contributed by atoms with Crippen molar-refractivity contribution in [3.63, 3.8) is 0 Å². The van der Waals surface area contributed by atoms with Gasteiger partial charge in [0.05, 0.1) is 10.3 Å². The van der Waals surface area contributed by atoms with Crippen LogP contribution in [0.5, 0.6) is 0 Å². The maximum atomic E-state index is 13.7. The number of hydrogen-bond acceptors (Lipinski definition) is 4. The predicted molar refractivity (Wildman–Crippen MR) is 118 cm³/mol. The van der Waals surface area contributed by atoms with Crippen LogP contribution >= 0.6 is 23.2 Å². The minimum atomic E-state index is -3.78. The highest BCUT2D eigenvalue weighted by molar-refractivity contribution is 7.93. The number of sulfone groups is 1. The van der Waals surface area contributed by atoms with E-state index in [-0.39, 0.29) is 4.90 Å². The molecule has 156 valence electrons. The highest BCUT2D eigenvalue weighted by Gasteiger charge is 2.58. The number of hydrogen-bond donors (Lipinski definition) is 2. The molecule has 8 heteroatoms. The molecule has 0 saturated carbocycles. The molecule has 3 atom stereocenters. The topological polar surface area (TPSA) is 75.3 Å². The Balaban J connectivity index is 0.000000687. The van der Waals surface area contributed by atoms with Crippen LogP contribution in [-0.4, -0.2) is 32.7 Å². The molecule has 0 fully saturated rings. The number of carbonyl (C=O) groups excluding carboxylic acids is 1. The van der Waals surface area contributed by atoms with Gasteiger partial charge in [0, 0.05) is 18.1 Å². The summed E-state index contributed by atoms with van der Waals surface area (Å²) in [4.78, 5) is 9.31. The predicted octanol–water partition coefficient (Wildman–Crippen LogP) is 4.09. The van der Waals surface area contributed by atoms with E-state index >= 15 is 0 Å². The summed E-state index contributed by atoms with van der Waals surface area (Å²) in [5, 5.41) is 5.00. The number of rotatable bonds is 5. The molecular formula is C21H24Cl2N2O3S. The molecule has 1 aliphatic rings. The van der Waals surface area contributed by atoms with Gasteiger partial charge >= 0.3 is 0 Å². The van der Waals surface area contributed by atoms with Gasteiger partial charge in [-0.25, -0.2) is 8.42 Å². The molecule has 0 aromatic heterocycles. The second-order valence-electron chi connectivity index (χ2n) is 6.62. The van der Waals surface area contributed by atoms with Gasteiger partial charge in [-0.2, -0.15) is 0 Å². The minimum Gasteiger partial charge on any atom is -0.386 e. The van der Waals surface area contributed by atoms with E-state index in [1.54, 1.807) is 68.7 Å². The van der Waals surface area contributed by atoms with Crippen LogP contribution in [0.1, 0.15) is 24.8 Å². The molecule has 0 aliphatic carbocycles. The van der Waals surface area contributed by atoms with Crippen LogP contribution in [0, 0.1) is 0 Å². The summed E-state index contributed by atoms with van der Waals surface area (Å²) < 4.78 is 26.1. The maximum Gasteiger partial charge on any atom is 0.206 e. The van der Waals surface area contributed by atoms with Crippen molar-refractivity contribution >= 4 is 39.4 Å². The molecule has 3 unspecified atom stereocenters. The van der Waals surface area contributed by atoms with Gasteiger partial charge in [0.2, 0.25) is 6.41 Å². The summed E-state index contributed by atoms with van der Waals surface area (Å²) in [6.07, 6.45) is 2.36. The molecule has 0 bridgehead atoms. The Morgan fingerprint density at radius 2 is 1.69 bits per heavy atom. The Morgan fingerprint density at radius 1 is 1.14 bits per heavy atom. The first kappa shape index (κ1) is 23.3. The summed E-state index contributed by atoms with van der Waals surface area (Å²) in [5.74, 6) is 0. The lowest BCUT2D eigenvalue weighted by Crippen LogP contribution is -2.52. The van der Waals surface area contributed by atoms with Crippen molar-refractivity contribution in [3.05, 3.63) is 77.0 Å². The summed E-state index contributed by atoms with van der Waals surface area (Å²) >= 11 is 13.2. The second-order valence-corrected chi connectivity index (χ2v) is 9.61. The van der Waals surface area contributed by atoms with Gasteiger partial charge in [-0.1, -0.05) is 48.0 Å². The van der Waals surface area contributed by atoms with E-state index in [1.807, 2.05) is 13.0 Å². The van der Waals surface area contributed by atoms with Crippen molar-refractivity contribution in [3.8, 4) is 0 Å². The fourth-order valence-corrected chi connectivity index (χ4v) is 7.06. The van der Waals surface area contributed by atoms with E-state index in [0.717, 1.165) is 0 Å².